The number of carbonyl (C=O) groups excluding carboxylic acids is 1. The molecule has 0 bridgehead atoms. The van der Waals surface area contributed by atoms with Crippen molar-refractivity contribution in [2.75, 3.05) is 5.32 Å². The molecule has 1 amide bonds. The van der Waals surface area contributed by atoms with E-state index in [1.165, 1.54) is 11.9 Å². The summed E-state index contributed by atoms with van der Waals surface area (Å²) in [7, 11) is 0. The van der Waals surface area contributed by atoms with Gasteiger partial charge in [-0.2, -0.15) is 0 Å². The summed E-state index contributed by atoms with van der Waals surface area (Å²) in [5.74, 6) is 0.390. The van der Waals surface area contributed by atoms with Crippen molar-refractivity contribution in [2.45, 2.75) is 40.2 Å². The first-order valence-corrected chi connectivity index (χ1v) is 7.24. The van der Waals surface area contributed by atoms with Crippen LogP contribution in [-0.2, 0) is 0 Å². The highest BCUT2D eigenvalue weighted by atomic mass is 16.2. The van der Waals surface area contributed by atoms with Crippen LogP contribution in [0.1, 0.15) is 42.4 Å². The molecule has 2 aromatic rings. The molecule has 0 aliphatic rings. The first-order valence-electron chi connectivity index (χ1n) is 7.24. The van der Waals surface area contributed by atoms with Crippen molar-refractivity contribution < 1.29 is 4.79 Å². The predicted octanol–water partition coefficient (Wildman–Crippen LogP) is 3.37. The molecule has 0 atom stereocenters. The fourth-order valence-electron chi connectivity index (χ4n) is 1.98. The maximum Gasteiger partial charge on any atom is 0.270 e. The van der Waals surface area contributed by atoms with Crippen LogP contribution in [0.4, 0.5) is 11.5 Å². The molecular weight excluding hydrogens is 276 g/mol. The smallest absolute Gasteiger partial charge is 0.270 e. The molecule has 1 heterocycles. The molecule has 5 heteroatoms. The maximum absolute atomic E-state index is 12.2. The van der Waals surface area contributed by atoms with E-state index in [0.717, 1.165) is 11.3 Å². The van der Waals surface area contributed by atoms with Gasteiger partial charge in [0.25, 0.3) is 5.91 Å². The van der Waals surface area contributed by atoms with E-state index in [2.05, 4.69) is 33.6 Å². The molecule has 2 N–H and O–H groups in total. The van der Waals surface area contributed by atoms with Crippen LogP contribution in [-0.4, -0.2) is 21.4 Å². The zero-order valence-corrected chi connectivity index (χ0v) is 13.7. The molecule has 0 radical (unpaired) electrons. The van der Waals surface area contributed by atoms with Gasteiger partial charge in [-0.25, -0.2) is 9.97 Å². The number of aromatic nitrogens is 2. The second-order valence-electron chi connectivity index (χ2n) is 6.37. The standard InChI is InChI=1S/C17H22N4O/c1-11-7-6-8-13(12(11)2)20-15-9-14(18-10-19-15)16(22)21-17(3,4)5/h6-10H,1-5H3,(H,21,22)(H,18,19,20). The number of hydrogen-bond donors (Lipinski definition) is 2. The van der Waals surface area contributed by atoms with Gasteiger partial charge in [0.1, 0.15) is 17.8 Å². The summed E-state index contributed by atoms with van der Waals surface area (Å²) in [6, 6.07) is 7.68. The molecule has 1 aromatic carbocycles. The lowest BCUT2D eigenvalue weighted by atomic mass is 10.1. The minimum atomic E-state index is -0.303. The van der Waals surface area contributed by atoms with Gasteiger partial charge in [-0.15, -0.1) is 0 Å². The third kappa shape index (κ3) is 4.04. The molecule has 0 saturated carbocycles. The molecule has 0 aliphatic heterocycles. The highest BCUT2D eigenvalue weighted by Crippen LogP contribution is 2.21. The second kappa shape index (κ2) is 6.13. The van der Waals surface area contributed by atoms with Crippen molar-refractivity contribution in [3.63, 3.8) is 0 Å². The summed E-state index contributed by atoms with van der Waals surface area (Å²) in [6.45, 7) is 9.90. The van der Waals surface area contributed by atoms with E-state index >= 15 is 0 Å². The van der Waals surface area contributed by atoms with E-state index in [0.29, 0.717) is 11.5 Å². The van der Waals surface area contributed by atoms with Gasteiger partial charge in [-0.05, 0) is 51.8 Å². The lowest BCUT2D eigenvalue weighted by Crippen LogP contribution is -2.40. The van der Waals surface area contributed by atoms with Gasteiger partial charge in [0, 0.05) is 17.3 Å². The van der Waals surface area contributed by atoms with Crippen molar-refractivity contribution in [1.82, 2.24) is 15.3 Å². The van der Waals surface area contributed by atoms with Crippen LogP contribution in [0.25, 0.3) is 0 Å². The van der Waals surface area contributed by atoms with Gasteiger partial charge in [0.2, 0.25) is 0 Å². The number of nitrogens with zero attached hydrogens (tertiary/aromatic N) is 2. The lowest BCUT2D eigenvalue weighted by Gasteiger charge is -2.20. The van der Waals surface area contributed by atoms with Crippen LogP contribution in [0.15, 0.2) is 30.6 Å². The molecule has 0 unspecified atom stereocenters. The van der Waals surface area contributed by atoms with E-state index in [1.54, 1.807) is 6.07 Å². The number of rotatable bonds is 3. The molecule has 5 nitrogen and oxygen atoms in total. The summed E-state index contributed by atoms with van der Waals surface area (Å²) in [6.07, 6.45) is 1.39. The van der Waals surface area contributed by atoms with Crippen LogP contribution in [0.3, 0.4) is 0 Å². The topological polar surface area (TPSA) is 66.9 Å². The first kappa shape index (κ1) is 15.9. The van der Waals surface area contributed by atoms with Crippen molar-refractivity contribution in [1.29, 1.82) is 0 Å². The average molecular weight is 298 g/mol. The Morgan fingerprint density at radius 2 is 1.86 bits per heavy atom. The Morgan fingerprint density at radius 3 is 2.55 bits per heavy atom. The zero-order valence-electron chi connectivity index (χ0n) is 13.7. The fourth-order valence-corrected chi connectivity index (χ4v) is 1.98. The van der Waals surface area contributed by atoms with Crippen LogP contribution < -0.4 is 10.6 Å². The molecule has 22 heavy (non-hydrogen) atoms. The van der Waals surface area contributed by atoms with E-state index in [1.807, 2.05) is 39.8 Å². The Hall–Kier alpha value is -2.43. The van der Waals surface area contributed by atoms with Crippen LogP contribution in [0.2, 0.25) is 0 Å². The van der Waals surface area contributed by atoms with E-state index < -0.39 is 0 Å². The lowest BCUT2D eigenvalue weighted by molar-refractivity contribution is 0.0914. The number of aryl methyl sites for hydroxylation is 1. The highest BCUT2D eigenvalue weighted by molar-refractivity contribution is 5.93. The monoisotopic (exact) mass is 298 g/mol. The molecule has 0 fully saturated rings. The van der Waals surface area contributed by atoms with Gasteiger partial charge in [0.15, 0.2) is 0 Å². The quantitative estimate of drug-likeness (QED) is 0.911. The molecular formula is C17H22N4O. The molecule has 2 rings (SSSR count). The number of amides is 1. The Balaban J connectivity index is 2.22. The summed E-state index contributed by atoms with van der Waals surface area (Å²) >= 11 is 0. The molecule has 116 valence electrons. The summed E-state index contributed by atoms with van der Waals surface area (Å²) in [5, 5.41) is 6.13. The molecule has 0 aliphatic carbocycles. The Labute approximate surface area is 131 Å². The van der Waals surface area contributed by atoms with Crippen molar-refractivity contribution in [3.8, 4) is 0 Å². The van der Waals surface area contributed by atoms with E-state index in [4.69, 9.17) is 0 Å². The minimum absolute atomic E-state index is 0.209. The Morgan fingerprint density at radius 1 is 1.14 bits per heavy atom. The van der Waals surface area contributed by atoms with Gasteiger partial charge in [-0.3, -0.25) is 4.79 Å². The zero-order chi connectivity index (χ0) is 16.3. The fraction of sp³-hybridized carbons (Fsp3) is 0.353. The molecule has 0 spiro atoms. The van der Waals surface area contributed by atoms with Gasteiger partial charge >= 0.3 is 0 Å². The highest BCUT2D eigenvalue weighted by Gasteiger charge is 2.16. The first-order chi connectivity index (χ1) is 10.3. The van der Waals surface area contributed by atoms with Gasteiger partial charge in [0.05, 0.1) is 0 Å². The third-order valence-corrected chi connectivity index (χ3v) is 3.26. The Bertz CT molecular complexity index is 689. The molecule has 0 saturated heterocycles. The molecule has 1 aromatic heterocycles. The van der Waals surface area contributed by atoms with Crippen LogP contribution >= 0.6 is 0 Å². The van der Waals surface area contributed by atoms with Gasteiger partial charge in [-0.1, -0.05) is 12.1 Å². The summed E-state index contributed by atoms with van der Waals surface area (Å²) < 4.78 is 0. The maximum atomic E-state index is 12.2. The summed E-state index contributed by atoms with van der Waals surface area (Å²) in [5.41, 5.74) is 3.37. The average Bonchev–Trinajstić information content (AvgIpc) is 2.42. The minimum Gasteiger partial charge on any atom is -0.346 e. The SMILES string of the molecule is Cc1cccc(Nc2cc(C(=O)NC(C)(C)C)ncn2)c1C. The van der Waals surface area contributed by atoms with Crippen LogP contribution in [0.5, 0.6) is 0 Å². The number of benzene rings is 1. The number of nitrogens with one attached hydrogen (secondary N) is 2. The normalized spacial score (nSPS) is 11.1. The van der Waals surface area contributed by atoms with E-state index in [-0.39, 0.29) is 11.4 Å². The van der Waals surface area contributed by atoms with Crippen molar-refractivity contribution in [3.05, 3.63) is 47.4 Å². The second-order valence-corrected chi connectivity index (χ2v) is 6.37. The van der Waals surface area contributed by atoms with Crippen molar-refractivity contribution in [2.24, 2.45) is 0 Å². The summed E-state index contributed by atoms with van der Waals surface area (Å²) in [4.78, 5) is 20.4. The number of hydrogen-bond acceptors (Lipinski definition) is 4. The number of anilines is 2. The Kier molecular flexibility index (Phi) is 4.45. The largest absolute Gasteiger partial charge is 0.346 e. The van der Waals surface area contributed by atoms with E-state index in [9.17, 15) is 4.79 Å². The van der Waals surface area contributed by atoms with Crippen molar-refractivity contribution >= 4 is 17.4 Å². The predicted molar refractivity (Wildman–Crippen MR) is 88.4 cm³/mol. The van der Waals surface area contributed by atoms with Crippen LogP contribution in [0, 0.1) is 13.8 Å². The van der Waals surface area contributed by atoms with Gasteiger partial charge < -0.3 is 10.6 Å². The third-order valence-electron chi connectivity index (χ3n) is 3.26. The number of carbonyl (C=O) groups is 1.